The second-order valence-corrected chi connectivity index (χ2v) is 5.99. The van der Waals surface area contributed by atoms with Gasteiger partial charge in [-0.25, -0.2) is 4.98 Å². The number of aromatic nitrogens is 1. The van der Waals surface area contributed by atoms with Gasteiger partial charge in [0.2, 0.25) is 0 Å². The standard InChI is InChI=1S/C23H20N2O/c1-2-21-14-13-20(17-25-21)23(26)24-16-15-22(18-9-5-3-6-10-18)19-11-7-4-8-12-19/h1,3-14,17,22H,15-16H2,(H,24,26). The van der Waals surface area contributed by atoms with Crippen molar-refractivity contribution in [2.45, 2.75) is 12.3 Å². The molecule has 3 aromatic rings. The number of benzene rings is 2. The van der Waals surface area contributed by atoms with Crippen molar-refractivity contribution in [3.05, 3.63) is 101 Å². The van der Waals surface area contributed by atoms with Crippen LogP contribution in [0.5, 0.6) is 0 Å². The van der Waals surface area contributed by atoms with Crippen LogP contribution in [-0.2, 0) is 0 Å². The first-order chi connectivity index (χ1) is 12.8. The van der Waals surface area contributed by atoms with Crippen molar-refractivity contribution in [1.82, 2.24) is 10.3 Å². The van der Waals surface area contributed by atoms with Crippen LogP contribution >= 0.6 is 0 Å². The molecular weight excluding hydrogens is 320 g/mol. The second kappa shape index (κ2) is 8.64. The molecule has 0 bridgehead atoms. The van der Waals surface area contributed by atoms with Gasteiger partial charge in [0.25, 0.3) is 5.91 Å². The molecule has 0 saturated heterocycles. The first-order valence-corrected chi connectivity index (χ1v) is 8.58. The van der Waals surface area contributed by atoms with Crippen molar-refractivity contribution in [2.24, 2.45) is 0 Å². The lowest BCUT2D eigenvalue weighted by Crippen LogP contribution is -2.26. The molecule has 0 aliphatic rings. The van der Waals surface area contributed by atoms with Crippen molar-refractivity contribution in [1.29, 1.82) is 0 Å². The number of nitrogens with one attached hydrogen (secondary N) is 1. The van der Waals surface area contributed by atoms with Gasteiger partial charge in [-0.3, -0.25) is 4.79 Å². The lowest BCUT2D eigenvalue weighted by Gasteiger charge is -2.18. The minimum Gasteiger partial charge on any atom is -0.352 e. The van der Waals surface area contributed by atoms with E-state index in [0.29, 0.717) is 17.8 Å². The average Bonchev–Trinajstić information content (AvgIpc) is 2.72. The zero-order chi connectivity index (χ0) is 18.2. The summed E-state index contributed by atoms with van der Waals surface area (Å²) in [7, 11) is 0. The number of carbonyl (C=O) groups is 1. The van der Waals surface area contributed by atoms with E-state index in [1.807, 2.05) is 36.4 Å². The molecule has 1 aromatic heterocycles. The van der Waals surface area contributed by atoms with E-state index < -0.39 is 0 Å². The maximum Gasteiger partial charge on any atom is 0.252 e. The monoisotopic (exact) mass is 340 g/mol. The fourth-order valence-electron chi connectivity index (χ4n) is 2.94. The molecular formula is C23H20N2O. The molecule has 0 unspecified atom stereocenters. The summed E-state index contributed by atoms with van der Waals surface area (Å²) in [6.07, 6.45) is 7.61. The Bertz CT molecular complexity index is 842. The smallest absolute Gasteiger partial charge is 0.252 e. The van der Waals surface area contributed by atoms with Crippen molar-refractivity contribution in [3.8, 4) is 12.3 Å². The third-order valence-corrected chi connectivity index (χ3v) is 4.30. The van der Waals surface area contributed by atoms with Gasteiger partial charge in [0.05, 0.1) is 5.56 Å². The van der Waals surface area contributed by atoms with Crippen molar-refractivity contribution >= 4 is 5.91 Å². The molecule has 1 heterocycles. The number of hydrogen-bond donors (Lipinski definition) is 1. The SMILES string of the molecule is C#Cc1ccc(C(=O)NCCC(c2ccccc2)c2ccccc2)cn1. The van der Waals surface area contributed by atoms with Crippen molar-refractivity contribution in [3.63, 3.8) is 0 Å². The van der Waals surface area contributed by atoms with Gasteiger partial charge in [0.15, 0.2) is 0 Å². The molecule has 3 nitrogen and oxygen atoms in total. The van der Waals surface area contributed by atoms with Gasteiger partial charge >= 0.3 is 0 Å². The third kappa shape index (κ3) is 4.37. The van der Waals surface area contributed by atoms with E-state index in [4.69, 9.17) is 6.42 Å². The number of nitrogens with zero attached hydrogens (tertiary/aromatic N) is 1. The summed E-state index contributed by atoms with van der Waals surface area (Å²) < 4.78 is 0. The highest BCUT2D eigenvalue weighted by molar-refractivity contribution is 5.93. The second-order valence-electron chi connectivity index (χ2n) is 5.99. The minimum atomic E-state index is -0.138. The summed E-state index contributed by atoms with van der Waals surface area (Å²) in [5.74, 6) is 2.54. The van der Waals surface area contributed by atoms with Crippen LogP contribution in [0.2, 0.25) is 0 Å². The molecule has 0 aliphatic carbocycles. The van der Waals surface area contributed by atoms with Crippen LogP contribution in [0.25, 0.3) is 0 Å². The molecule has 3 heteroatoms. The van der Waals surface area contributed by atoms with Crippen LogP contribution in [-0.4, -0.2) is 17.4 Å². The van der Waals surface area contributed by atoms with E-state index >= 15 is 0 Å². The lowest BCUT2D eigenvalue weighted by molar-refractivity contribution is 0.0952. The van der Waals surface area contributed by atoms with E-state index in [2.05, 4.69) is 40.5 Å². The summed E-state index contributed by atoms with van der Waals surface area (Å²) in [5.41, 5.74) is 3.52. The maximum absolute atomic E-state index is 12.3. The molecule has 1 amide bonds. The van der Waals surface area contributed by atoms with Crippen LogP contribution in [0.15, 0.2) is 79.0 Å². The quantitative estimate of drug-likeness (QED) is 0.689. The van der Waals surface area contributed by atoms with Crippen molar-refractivity contribution in [2.75, 3.05) is 6.54 Å². The zero-order valence-electron chi connectivity index (χ0n) is 14.4. The fourth-order valence-corrected chi connectivity index (χ4v) is 2.94. The highest BCUT2D eigenvalue weighted by Gasteiger charge is 2.14. The first-order valence-electron chi connectivity index (χ1n) is 8.58. The van der Waals surface area contributed by atoms with E-state index in [9.17, 15) is 4.79 Å². The minimum absolute atomic E-state index is 0.138. The molecule has 1 N–H and O–H groups in total. The summed E-state index contributed by atoms with van der Waals surface area (Å²) in [6, 6.07) is 24.1. The summed E-state index contributed by atoms with van der Waals surface area (Å²) in [5, 5.41) is 2.98. The molecule has 128 valence electrons. The lowest BCUT2D eigenvalue weighted by atomic mass is 9.88. The molecule has 0 radical (unpaired) electrons. The molecule has 0 atom stereocenters. The van der Waals surface area contributed by atoms with E-state index in [-0.39, 0.29) is 11.8 Å². The fraction of sp³-hybridized carbons (Fsp3) is 0.130. The van der Waals surface area contributed by atoms with E-state index in [1.54, 1.807) is 12.1 Å². The Morgan fingerprint density at radius 3 is 2.08 bits per heavy atom. The largest absolute Gasteiger partial charge is 0.352 e. The first kappa shape index (κ1) is 17.4. The predicted octanol–water partition coefficient (Wildman–Crippen LogP) is 4.01. The van der Waals surface area contributed by atoms with Crippen LogP contribution in [0.1, 0.15) is 39.5 Å². The normalized spacial score (nSPS) is 10.3. The molecule has 0 spiro atoms. The Balaban J connectivity index is 1.66. The maximum atomic E-state index is 12.3. The molecule has 0 fully saturated rings. The van der Waals surface area contributed by atoms with Crippen LogP contribution in [0.4, 0.5) is 0 Å². The average molecular weight is 340 g/mol. The number of rotatable bonds is 6. The summed E-state index contributed by atoms with van der Waals surface area (Å²) in [6.45, 7) is 0.574. The zero-order valence-corrected chi connectivity index (χ0v) is 14.4. The summed E-state index contributed by atoms with van der Waals surface area (Å²) >= 11 is 0. The Morgan fingerprint density at radius 2 is 1.58 bits per heavy atom. The van der Waals surface area contributed by atoms with Crippen LogP contribution in [0, 0.1) is 12.3 Å². The van der Waals surface area contributed by atoms with Gasteiger partial charge in [0.1, 0.15) is 5.69 Å². The molecule has 0 aliphatic heterocycles. The third-order valence-electron chi connectivity index (χ3n) is 4.30. The Hall–Kier alpha value is -3.38. The number of terminal acetylenes is 1. The van der Waals surface area contributed by atoms with E-state index in [1.165, 1.54) is 17.3 Å². The number of pyridine rings is 1. The van der Waals surface area contributed by atoms with Crippen LogP contribution < -0.4 is 5.32 Å². The highest BCUT2D eigenvalue weighted by Crippen LogP contribution is 2.27. The molecule has 26 heavy (non-hydrogen) atoms. The Labute approximate surface area is 154 Å². The molecule has 2 aromatic carbocycles. The predicted molar refractivity (Wildman–Crippen MR) is 104 cm³/mol. The van der Waals surface area contributed by atoms with Crippen molar-refractivity contribution < 1.29 is 4.79 Å². The topological polar surface area (TPSA) is 42.0 Å². The van der Waals surface area contributed by atoms with Crippen LogP contribution in [0.3, 0.4) is 0 Å². The van der Waals surface area contributed by atoms with E-state index in [0.717, 1.165) is 6.42 Å². The summed E-state index contributed by atoms with van der Waals surface area (Å²) in [4.78, 5) is 16.4. The Kier molecular flexibility index (Phi) is 5.80. The molecule has 0 saturated carbocycles. The molecule has 3 rings (SSSR count). The number of hydrogen-bond acceptors (Lipinski definition) is 2. The van der Waals surface area contributed by atoms with Gasteiger partial charge in [0, 0.05) is 18.7 Å². The van der Waals surface area contributed by atoms with Gasteiger partial charge < -0.3 is 5.32 Å². The number of amides is 1. The highest BCUT2D eigenvalue weighted by atomic mass is 16.1. The van der Waals surface area contributed by atoms with Gasteiger partial charge in [-0.15, -0.1) is 6.42 Å². The van der Waals surface area contributed by atoms with Gasteiger partial charge in [-0.05, 0) is 29.7 Å². The number of carbonyl (C=O) groups excluding carboxylic acids is 1. The van der Waals surface area contributed by atoms with Gasteiger partial charge in [-0.2, -0.15) is 0 Å². The van der Waals surface area contributed by atoms with Gasteiger partial charge in [-0.1, -0.05) is 66.6 Å². The Morgan fingerprint density at radius 1 is 0.962 bits per heavy atom.